The Kier molecular flexibility index (Phi) is 5.51. The van der Waals surface area contributed by atoms with Gasteiger partial charge in [-0.1, -0.05) is 6.07 Å². The number of anilines is 2. The number of amides is 1. The minimum Gasteiger partial charge on any atom is -0.495 e. The molecule has 0 saturated carbocycles. The molecule has 0 spiro atoms. The van der Waals surface area contributed by atoms with Crippen molar-refractivity contribution in [3.05, 3.63) is 41.9 Å². The number of nitrogens with zero attached hydrogens (tertiary/aromatic N) is 3. The van der Waals surface area contributed by atoms with E-state index in [1.54, 1.807) is 18.2 Å². The van der Waals surface area contributed by atoms with Crippen LogP contribution in [0.25, 0.3) is 0 Å². The van der Waals surface area contributed by atoms with E-state index < -0.39 is 0 Å². The maximum absolute atomic E-state index is 12.2. The van der Waals surface area contributed by atoms with Gasteiger partial charge < -0.3 is 15.0 Å². The van der Waals surface area contributed by atoms with Gasteiger partial charge in [-0.2, -0.15) is 0 Å². The van der Waals surface area contributed by atoms with Crippen LogP contribution >= 0.6 is 0 Å². The number of aryl methyl sites for hydroxylation is 1. The fraction of sp³-hybridized carbons (Fsp3) is 0.353. The average molecular weight is 314 g/mol. The molecule has 1 aromatic carbocycles. The molecule has 2 aromatic rings. The highest BCUT2D eigenvalue weighted by atomic mass is 16.5. The lowest BCUT2D eigenvalue weighted by Gasteiger charge is -2.17. The van der Waals surface area contributed by atoms with Crippen molar-refractivity contribution < 1.29 is 9.53 Å². The lowest BCUT2D eigenvalue weighted by atomic mass is 10.2. The van der Waals surface area contributed by atoms with Crippen LogP contribution in [0.2, 0.25) is 0 Å². The summed E-state index contributed by atoms with van der Waals surface area (Å²) in [6.07, 6.45) is 3.05. The van der Waals surface area contributed by atoms with Crippen LogP contribution in [0.15, 0.2) is 30.6 Å². The van der Waals surface area contributed by atoms with Gasteiger partial charge in [0.05, 0.1) is 25.2 Å². The standard InChI is InChI=1S/C17H22N4O2/c1-5-21(6-2)17(22)14-10-19-16(11-18-14)20-13-9-12(3)7-8-15(13)23-4/h7-11H,5-6H2,1-4H3,(H,19,20). The Labute approximate surface area is 136 Å². The van der Waals surface area contributed by atoms with Gasteiger partial charge in [-0.15, -0.1) is 0 Å². The predicted octanol–water partition coefficient (Wildman–Crippen LogP) is 3.02. The summed E-state index contributed by atoms with van der Waals surface area (Å²) in [5.41, 5.74) is 2.26. The molecule has 0 unspecified atom stereocenters. The van der Waals surface area contributed by atoms with E-state index in [1.165, 1.54) is 6.20 Å². The Morgan fingerprint density at radius 1 is 1.22 bits per heavy atom. The molecular formula is C17H22N4O2. The SMILES string of the molecule is CCN(CC)C(=O)c1cnc(Nc2cc(C)ccc2OC)cn1. The van der Waals surface area contributed by atoms with Gasteiger partial charge in [0.1, 0.15) is 17.3 Å². The van der Waals surface area contributed by atoms with Crippen molar-refractivity contribution in [1.29, 1.82) is 0 Å². The quantitative estimate of drug-likeness (QED) is 0.887. The third-order valence-electron chi connectivity index (χ3n) is 3.54. The highest BCUT2D eigenvalue weighted by molar-refractivity contribution is 5.92. The van der Waals surface area contributed by atoms with Crippen molar-refractivity contribution in [1.82, 2.24) is 14.9 Å². The fourth-order valence-electron chi connectivity index (χ4n) is 2.23. The van der Waals surface area contributed by atoms with Gasteiger partial charge in [0.2, 0.25) is 0 Å². The Morgan fingerprint density at radius 2 is 1.96 bits per heavy atom. The van der Waals surface area contributed by atoms with Crippen molar-refractivity contribution in [3.8, 4) is 5.75 Å². The summed E-state index contributed by atoms with van der Waals surface area (Å²) in [7, 11) is 1.62. The number of rotatable bonds is 6. The molecule has 0 saturated heterocycles. The third kappa shape index (κ3) is 3.97. The summed E-state index contributed by atoms with van der Waals surface area (Å²) in [5.74, 6) is 1.17. The second-order valence-electron chi connectivity index (χ2n) is 5.09. The van der Waals surface area contributed by atoms with Crippen molar-refractivity contribution in [2.45, 2.75) is 20.8 Å². The monoisotopic (exact) mass is 314 g/mol. The van der Waals surface area contributed by atoms with Crippen LogP contribution < -0.4 is 10.1 Å². The van der Waals surface area contributed by atoms with Crippen LogP contribution in [0.4, 0.5) is 11.5 Å². The van der Waals surface area contributed by atoms with Crippen LogP contribution in [0.1, 0.15) is 29.9 Å². The number of hydrogen-bond donors (Lipinski definition) is 1. The summed E-state index contributed by atoms with van der Waals surface area (Å²) in [6, 6.07) is 5.83. The van der Waals surface area contributed by atoms with E-state index in [1.807, 2.05) is 39.0 Å². The van der Waals surface area contributed by atoms with Gasteiger partial charge in [0, 0.05) is 13.1 Å². The highest BCUT2D eigenvalue weighted by Crippen LogP contribution is 2.27. The second kappa shape index (κ2) is 7.58. The number of carbonyl (C=O) groups excluding carboxylic acids is 1. The number of carbonyl (C=O) groups is 1. The number of benzene rings is 1. The minimum absolute atomic E-state index is 0.109. The molecule has 1 heterocycles. The fourth-order valence-corrected chi connectivity index (χ4v) is 2.23. The lowest BCUT2D eigenvalue weighted by molar-refractivity contribution is 0.0766. The van der Waals surface area contributed by atoms with Crippen molar-refractivity contribution in [3.63, 3.8) is 0 Å². The zero-order valence-corrected chi connectivity index (χ0v) is 14.0. The lowest BCUT2D eigenvalue weighted by Crippen LogP contribution is -2.31. The molecule has 0 radical (unpaired) electrons. The second-order valence-corrected chi connectivity index (χ2v) is 5.09. The first-order chi connectivity index (χ1) is 11.1. The van der Waals surface area contributed by atoms with Crippen LogP contribution in [0.3, 0.4) is 0 Å². The molecule has 0 atom stereocenters. The van der Waals surface area contributed by atoms with E-state index >= 15 is 0 Å². The molecule has 0 bridgehead atoms. The molecule has 6 nitrogen and oxygen atoms in total. The molecule has 122 valence electrons. The average Bonchev–Trinajstić information content (AvgIpc) is 2.57. The molecule has 1 N–H and O–H groups in total. The Hall–Kier alpha value is -2.63. The van der Waals surface area contributed by atoms with E-state index in [4.69, 9.17) is 4.74 Å². The summed E-state index contributed by atoms with van der Waals surface area (Å²) < 4.78 is 5.32. The van der Waals surface area contributed by atoms with Gasteiger partial charge in [-0.25, -0.2) is 9.97 Å². The molecule has 2 rings (SSSR count). The van der Waals surface area contributed by atoms with Crippen molar-refractivity contribution in [2.75, 3.05) is 25.5 Å². The first kappa shape index (κ1) is 16.7. The third-order valence-corrected chi connectivity index (χ3v) is 3.54. The predicted molar refractivity (Wildman–Crippen MR) is 90.3 cm³/mol. The van der Waals surface area contributed by atoms with Gasteiger partial charge in [0.25, 0.3) is 5.91 Å². The van der Waals surface area contributed by atoms with Crippen LogP contribution in [-0.4, -0.2) is 41.0 Å². The molecule has 1 amide bonds. The van der Waals surface area contributed by atoms with Gasteiger partial charge in [-0.05, 0) is 38.5 Å². The molecule has 0 aliphatic carbocycles. The topological polar surface area (TPSA) is 67.4 Å². The number of nitrogens with one attached hydrogen (secondary N) is 1. The van der Waals surface area contributed by atoms with Crippen molar-refractivity contribution >= 4 is 17.4 Å². The van der Waals surface area contributed by atoms with Gasteiger partial charge in [-0.3, -0.25) is 4.79 Å². The molecule has 0 aliphatic rings. The zero-order chi connectivity index (χ0) is 16.8. The number of ether oxygens (including phenoxy) is 1. The summed E-state index contributed by atoms with van der Waals surface area (Å²) >= 11 is 0. The maximum Gasteiger partial charge on any atom is 0.274 e. The number of aromatic nitrogens is 2. The summed E-state index contributed by atoms with van der Waals surface area (Å²) in [4.78, 5) is 22.4. The molecular weight excluding hydrogens is 292 g/mol. The first-order valence-electron chi connectivity index (χ1n) is 7.62. The van der Waals surface area contributed by atoms with Gasteiger partial charge >= 0.3 is 0 Å². The summed E-state index contributed by atoms with van der Waals surface area (Å²) in [6.45, 7) is 7.18. The van der Waals surface area contributed by atoms with Crippen LogP contribution in [-0.2, 0) is 0 Å². The minimum atomic E-state index is -0.109. The van der Waals surface area contributed by atoms with E-state index in [0.29, 0.717) is 24.6 Å². The van der Waals surface area contributed by atoms with E-state index in [9.17, 15) is 4.79 Å². The van der Waals surface area contributed by atoms with E-state index in [2.05, 4.69) is 15.3 Å². The maximum atomic E-state index is 12.2. The molecule has 0 aliphatic heterocycles. The van der Waals surface area contributed by atoms with Gasteiger partial charge in [0.15, 0.2) is 0 Å². The van der Waals surface area contributed by atoms with Crippen LogP contribution in [0.5, 0.6) is 5.75 Å². The largest absolute Gasteiger partial charge is 0.495 e. The molecule has 0 fully saturated rings. The van der Waals surface area contributed by atoms with Crippen LogP contribution in [0, 0.1) is 6.92 Å². The Morgan fingerprint density at radius 3 is 2.52 bits per heavy atom. The Balaban J connectivity index is 2.17. The summed E-state index contributed by atoms with van der Waals surface area (Å²) in [5, 5.41) is 3.16. The molecule has 6 heteroatoms. The molecule has 23 heavy (non-hydrogen) atoms. The van der Waals surface area contributed by atoms with Crippen molar-refractivity contribution in [2.24, 2.45) is 0 Å². The molecule has 1 aromatic heterocycles. The number of hydrogen-bond acceptors (Lipinski definition) is 5. The highest BCUT2D eigenvalue weighted by Gasteiger charge is 2.14. The van der Waals surface area contributed by atoms with E-state index in [0.717, 1.165) is 17.0 Å². The Bertz CT molecular complexity index is 667. The number of methoxy groups -OCH3 is 1. The first-order valence-corrected chi connectivity index (χ1v) is 7.62. The smallest absolute Gasteiger partial charge is 0.274 e. The zero-order valence-electron chi connectivity index (χ0n) is 14.0. The van der Waals surface area contributed by atoms with E-state index in [-0.39, 0.29) is 5.91 Å². The normalized spacial score (nSPS) is 10.3.